The summed E-state index contributed by atoms with van der Waals surface area (Å²) in [6.07, 6.45) is 7.75. The zero-order valence-corrected chi connectivity index (χ0v) is 16.0. The molecule has 2 aromatic heterocycles. The summed E-state index contributed by atoms with van der Waals surface area (Å²) < 4.78 is 2.22. The van der Waals surface area contributed by atoms with Crippen molar-refractivity contribution < 1.29 is 4.79 Å². The molecule has 136 valence electrons. The Kier molecular flexibility index (Phi) is 5.57. The Morgan fingerprint density at radius 1 is 1.23 bits per heavy atom. The highest BCUT2D eigenvalue weighted by Gasteiger charge is 2.28. The number of fused-ring (bicyclic) bond motifs is 1. The average Bonchev–Trinajstić information content (AvgIpc) is 2.95. The molecule has 0 bridgehead atoms. The Morgan fingerprint density at radius 3 is 2.46 bits per heavy atom. The molecule has 6 heteroatoms. The average molecular weight is 371 g/mol. The number of hydrogen-bond acceptors (Lipinski definition) is 4. The molecule has 4 rings (SSSR count). The maximum absolute atomic E-state index is 11.9. The first-order valence-electron chi connectivity index (χ1n) is 9.01. The standard InChI is InChI=1S/C18H17ClN4O.C2H6/c1-20-12-8-21-18(22-9-12)17-15(10-24)14-7-11(19)5-6-16(14)23(17)13-3-2-4-13;1-2/h5-10,13,20H,2-4H2,1H3;1-2H3. The van der Waals surface area contributed by atoms with Gasteiger partial charge in [-0.25, -0.2) is 9.97 Å². The lowest BCUT2D eigenvalue weighted by molar-refractivity contribution is 0.112. The third-order valence-corrected chi connectivity index (χ3v) is 4.95. The lowest BCUT2D eigenvalue weighted by Crippen LogP contribution is -2.18. The first-order valence-corrected chi connectivity index (χ1v) is 9.39. The van der Waals surface area contributed by atoms with E-state index in [2.05, 4.69) is 19.9 Å². The number of benzene rings is 1. The van der Waals surface area contributed by atoms with Crippen LogP contribution in [0, 0.1) is 0 Å². The molecule has 0 aliphatic heterocycles. The van der Waals surface area contributed by atoms with Gasteiger partial charge in [-0.1, -0.05) is 25.4 Å². The molecule has 5 nitrogen and oxygen atoms in total. The largest absolute Gasteiger partial charge is 0.386 e. The van der Waals surface area contributed by atoms with Gasteiger partial charge < -0.3 is 9.88 Å². The minimum Gasteiger partial charge on any atom is -0.386 e. The van der Waals surface area contributed by atoms with Crippen LogP contribution in [0.25, 0.3) is 22.4 Å². The number of carbonyl (C=O) groups is 1. The minimum absolute atomic E-state index is 0.380. The van der Waals surface area contributed by atoms with E-state index in [0.717, 1.165) is 41.4 Å². The normalized spacial score (nSPS) is 13.7. The van der Waals surface area contributed by atoms with E-state index in [-0.39, 0.29) is 0 Å². The predicted molar refractivity (Wildman–Crippen MR) is 107 cm³/mol. The van der Waals surface area contributed by atoms with Crippen LogP contribution in [0.15, 0.2) is 30.6 Å². The summed E-state index contributed by atoms with van der Waals surface area (Å²) in [7, 11) is 1.82. The Labute approximate surface area is 158 Å². The summed E-state index contributed by atoms with van der Waals surface area (Å²) in [4.78, 5) is 20.8. The summed E-state index contributed by atoms with van der Waals surface area (Å²) in [5.41, 5.74) is 3.24. The maximum Gasteiger partial charge on any atom is 0.177 e. The first-order chi connectivity index (χ1) is 12.7. The van der Waals surface area contributed by atoms with Crippen molar-refractivity contribution in [1.29, 1.82) is 0 Å². The predicted octanol–water partition coefficient (Wildman–Crippen LogP) is 5.36. The molecule has 1 saturated carbocycles. The monoisotopic (exact) mass is 370 g/mol. The smallest absolute Gasteiger partial charge is 0.177 e. The highest BCUT2D eigenvalue weighted by atomic mass is 35.5. The highest BCUT2D eigenvalue weighted by molar-refractivity contribution is 6.31. The third kappa shape index (κ3) is 3.07. The van der Waals surface area contributed by atoms with Gasteiger partial charge in [-0.05, 0) is 37.5 Å². The summed E-state index contributed by atoms with van der Waals surface area (Å²) in [5.74, 6) is 0.565. The Morgan fingerprint density at radius 2 is 1.92 bits per heavy atom. The van der Waals surface area contributed by atoms with Crippen LogP contribution in [0.1, 0.15) is 49.5 Å². The van der Waals surface area contributed by atoms with E-state index in [4.69, 9.17) is 11.6 Å². The van der Waals surface area contributed by atoms with Gasteiger partial charge in [0.05, 0.1) is 29.3 Å². The van der Waals surface area contributed by atoms with Crippen LogP contribution in [0.5, 0.6) is 0 Å². The van der Waals surface area contributed by atoms with Gasteiger partial charge in [0, 0.05) is 29.0 Å². The van der Waals surface area contributed by atoms with Crippen LogP contribution >= 0.6 is 11.6 Å². The number of aldehydes is 1. The number of nitrogens with zero attached hydrogens (tertiary/aromatic N) is 3. The van der Waals surface area contributed by atoms with E-state index in [1.54, 1.807) is 12.4 Å². The zero-order chi connectivity index (χ0) is 18.7. The second kappa shape index (κ2) is 7.87. The zero-order valence-electron chi connectivity index (χ0n) is 15.3. The van der Waals surface area contributed by atoms with Crippen molar-refractivity contribution in [3.63, 3.8) is 0 Å². The maximum atomic E-state index is 11.9. The summed E-state index contributed by atoms with van der Waals surface area (Å²) in [6, 6.07) is 6.07. The second-order valence-electron chi connectivity index (χ2n) is 6.04. The van der Waals surface area contributed by atoms with E-state index in [9.17, 15) is 4.79 Å². The van der Waals surface area contributed by atoms with Crippen molar-refractivity contribution in [2.75, 3.05) is 12.4 Å². The molecule has 1 fully saturated rings. The fraction of sp³-hybridized carbons (Fsp3) is 0.350. The number of hydrogen-bond donors (Lipinski definition) is 1. The van der Waals surface area contributed by atoms with E-state index in [1.165, 1.54) is 6.42 Å². The number of nitrogens with one attached hydrogen (secondary N) is 1. The molecule has 2 heterocycles. The highest BCUT2D eigenvalue weighted by Crippen LogP contribution is 2.41. The van der Waals surface area contributed by atoms with Gasteiger partial charge >= 0.3 is 0 Å². The van der Waals surface area contributed by atoms with Crippen LogP contribution in [-0.4, -0.2) is 27.9 Å². The minimum atomic E-state index is 0.380. The molecular formula is C20H23ClN4O. The lowest BCUT2D eigenvalue weighted by Gasteiger charge is -2.29. The summed E-state index contributed by atoms with van der Waals surface area (Å²) in [5, 5.41) is 4.49. The molecule has 3 aromatic rings. The number of carbonyl (C=O) groups excluding carboxylic acids is 1. The van der Waals surface area contributed by atoms with Gasteiger partial charge in [0.1, 0.15) is 0 Å². The fourth-order valence-electron chi connectivity index (χ4n) is 3.26. The van der Waals surface area contributed by atoms with Gasteiger partial charge in [-0.2, -0.15) is 0 Å². The van der Waals surface area contributed by atoms with Crippen molar-refractivity contribution in [3.05, 3.63) is 41.2 Å². The van der Waals surface area contributed by atoms with Gasteiger partial charge in [0.15, 0.2) is 12.1 Å². The van der Waals surface area contributed by atoms with Crippen molar-refractivity contribution in [2.24, 2.45) is 0 Å². The molecule has 26 heavy (non-hydrogen) atoms. The number of rotatable bonds is 4. The summed E-state index contributed by atoms with van der Waals surface area (Å²) in [6.45, 7) is 4.00. The first kappa shape index (κ1) is 18.4. The second-order valence-corrected chi connectivity index (χ2v) is 6.48. The molecule has 1 N–H and O–H groups in total. The van der Waals surface area contributed by atoms with Crippen molar-refractivity contribution in [3.8, 4) is 11.5 Å². The van der Waals surface area contributed by atoms with Crippen LogP contribution in [0.2, 0.25) is 5.02 Å². The molecule has 0 amide bonds. The Hall–Kier alpha value is -2.40. The van der Waals surface area contributed by atoms with Crippen LogP contribution in [0.3, 0.4) is 0 Å². The van der Waals surface area contributed by atoms with Gasteiger partial charge in [-0.15, -0.1) is 0 Å². The third-order valence-electron chi connectivity index (χ3n) is 4.71. The van der Waals surface area contributed by atoms with Crippen molar-refractivity contribution in [1.82, 2.24) is 14.5 Å². The molecule has 1 aliphatic carbocycles. The quantitative estimate of drug-likeness (QED) is 0.628. The Bertz CT molecular complexity index is 914. The SMILES string of the molecule is CC.CNc1cnc(-c2c(C=O)c3cc(Cl)ccc3n2C2CCC2)nc1. The van der Waals surface area contributed by atoms with E-state index in [1.807, 2.05) is 39.1 Å². The van der Waals surface area contributed by atoms with Crippen LogP contribution in [0.4, 0.5) is 5.69 Å². The van der Waals surface area contributed by atoms with Crippen LogP contribution < -0.4 is 5.32 Å². The van der Waals surface area contributed by atoms with E-state index in [0.29, 0.717) is 22.5 Å². The molecule has 0 atom stereocenters. The van der Waals surface area contributed by atoms with Crippen molar-refractivity contribution >= 4 is 34.5 Å². The molecule has 0 saturated heterocycles. The van der Waals surface area contributed by atoms with Gasteiger partial charge in [0.2, 0.25) is 0 Å². The molecular weight excluding hydrogens is 348 g/mol. The van der Waals surface area contributed by atoms with Crippen molar-refractivity contribution in [2.45, 2.75) is 39.2 Å². The van der Waals surface area contributed by atoms with E-state index >= 15 is 0 Å². The topological polar surface area (TPSA) is 59.8 Å². The molecule has 1 aromatic carbocycles. The molecule has 0 spiro atoms. The molecule has 1 aliphatic rings. The fourth-order valence-corrected chi connectivity index (χ4v) is 3.44. The number of anilines is 1. The van der Waals surface area contributed by atoms with Crippen LogP contribution in [-0.2, 0) is 0 Å². The van der Waals surface area contributed by atoms with Gasteiger partial charge in [0.25, 0.3) is 0 Å². The lowest BCUT2D eigenvalue weighted by atomic mass is 9.92. The number of aromatic nitrogens is 3. The number of halogens is 1. The molecule has 0 radical (unpaired) electrons. The molecule has 0 unspecified atom stereocenters. The Balaban J connectivity index is 0.000000948. The van der Waals surface area contributed by atoms with E-state index < -0.39 is 0 Å². The van der Waals surface area contributed by atoms with Gasteiger partial charge in [-0.3, -0.25) is 4.79 Å². The summed E-state index contributed by atoms with van der Waals surface area (Å²) >= 11 is 6.16.